The van der Waals surface area contributed by atoms with E-state index in [9.17, 15) is 0 Å². The Morgan fingerprint density at radius 2 is 1.58 bits per heavy atom. The molecule has 3 aromatic rings. The summed E-state index contributed by atoms with van der Waals surface area (Å²) in [7, 11) is 0. The van der Waals surface area contributed by atoms with Crippen LogP contribution < -0.4 is 21.8 Å². The van der Waals surface area contributed by atoms with Crippen molar-refractivity contribution in [3.8, 4) is 0 Å². The predicted molar refractivity (Wildman–Crippen MR) is 140 cm³/mol. The molecule has 1 aliphatic carbocycles. The number of aliphatic imine (C=N–C) groups is 2. The molecule has 162 valence electrons. The van der Waals surface area contributed by atoms with Gasteiger partial charge in [0, 0.05) is 33.0 Å². The highest BCUT2D eigenvalue weighted by Gasteiger charge is 2.22. The van der Waals surface area contributed by atoms with Crippen LogP contribution in [0.5, 0.6) is 0 Å². The minimum Gasteiger partial charge on any atom is -0.399 e. The maximum Gasteiger partial charge on any atom is 0.201 e. The lowest BCUT2D eigenvalue weighted by Gasteiger charge is -2.04. The van der Waals surface area contributed by atoms with Crippen LogP contribution in [0.1, 0.15) is 0 Å². The molecule has 0 fully saturated rings. The summed E-state index contributed by atoms with van der Waals surface area (Å²) < 4.78 is 1.04. The highest BCUT2D eigenvalue weighted by atomic mass is 79.9. The van der Waals surface area contributed by atoms with E-state index < -0.39 is 0 Å². The van der Waals surface area contributed by atoms with Gasteiger partial charge in [-0.3, -0.25) is 9.98 Å². The third-order valence-electron chi connectivity index (χ3n) is 4.65. The van der Waals surface area contributed by atoms with Crippen molar-refractivity contribution in [2.24, 2.45) is 20.0 Å². The molecule has 0 spiro atoms. The van der Waals surface area contributed by atoms with Crippen molar-refractivity contribution in [1.29, 1.82) is 0 Å². The number of benzene rings is 3. The van der Waals surface area contributed by atoms with Crippen molar-refractivity contribution < 1.29 is 0 Å². The summed E-state index contributed by atoms with van der Waals surface area (Å²) in [6, 6.07) is 25.6. The van der Waals surface area contributed by atoms with E-state index in [-0.39, 0.29) is 0 Å². The van der Waals surface area contributed by atoms with Crippen LogP contribution >= 0.6 is 15.9 Å². The number of hydrogen-bond donors (Lipinski definition) is 2. The Balaban J connectivity index is 0.000000130. The third-order valence-corrected chi connectivity index (χ3v) is 5.14. The molecule has 3 aliphatic rings. The van der Waals surface area contributed by atoms with Crippen molar-refractivity contribution in [2.75, 3.05) is 17.7 Å². The van der Waals surface area contributed by atoms with Gasteiger partial charge in [0.15, 0.2) is 5.70 Å². The highest BCUT2D eigenvalue weighted by Crippen LogP contribution is 2.21. The van der Waals surface area contributed by atoms with E-state index in [1.165, 1.54) is 0 Å². The van der Waals surface area contributed by atoms with Crippen molar-refractivity contribution in [3.63, 3.8) is 0 Å². The van der Waals surface area contributed by atoms with Crippen LogP contribution in [0.15, 0.2) is 121 Å². The molecule has 0 saturated heterocycles. The van der Waals surface area contributed by atoms with E-state index in [0.29, 0.717) is 6.67 Å². The summed E-state index contributed by atoms with van der Waals surface area (Å²) in [6.07, 6.45) is 7.41. The monoisotopic (exact) mass is 497 g/mol. The first kappa shape index (κ1) is 22.2. The minimum atomic E-state index is 0.560. The number of nitrogen functional groups attached to an aromatic ring is 1. The number of nitrogens with one attached hydrogen (secondary N) is 1. The fourth-order valence-corrected chi connectivity index (χ4v) is 3.40. The molecule has 2 heterocycles. The van der Waals surface area contributed by atoms with Crippen LogP contribution in [0.4, 0.5) is 17.1 Å². The topological polar surface area (TPSA) is 87.5 Å². The van der Waals surface area contributed by atoms with E-state index in [1.807, 2.05) is 97.4 Å². The number of hydrogen-bond acceptors (Lipinski definition) is 6. The molecule has 0 atom stereocenters. The van der Waals surface area contributed by atoms with E-state index in [1.54, 1.807) is 6.34 Å². The number of nitrogens with zero attached hydrogens (tertiary/aromatic N) is 4. The van der Waals surface area contributed by atoms with Gasteiger partial charge in [-0.15, -0.1) is 0 Å². The molecule has 0 saturated carbocycles. The van der Waals surface area contributed by atoms with Gasteiger partial charge in [-0.05, 0) is 42.5 Å². The second-order valence-electron chi connectivity index (χ2n) is 7.07. The van der Waals surface area contributed by atoms with Crippen molar-refractivity contribution in [2.45, 2.75) is 0 Å². The Kier molecular flexibility index (Phi) is 7.45. The molecule has 3 aromatic carbocycles. The van der Waals surface area contributed by atoms with E-state index in [4.69, 9.17) is 5.73 Å². The van der Waals surface area contributed by atoms with Gasteiger partial charge < -0.3 is 11.1 Å². The fourth-order valence-electron chi connectivity index (χ4n) is 3.05. The largest absolute Gasteiger partial charge is 0.399 e. The molecule has 7 heteroatoms. The Morgan fingerprint density at radius 1 is 0.848 bits per heavy atom. The number of para-hydroxylation sites is 2. The normalized spacial score (nSPS) is 14.2. The smallest absolute Gasteiger partial charge is 0.201 e. The second-order valence-corrected chi connectivity index (χ2v) is 7.99. The zero-order chi connectivity index (χ0) is 22.9. The molecular formula is C26H22BrN6+. The third kappa shape index (κ3) is 6.51. The van der Waals surface area contributed by atoms with E-state index in [2.05, 4.69) is 41.2 Å². The number of nitrogens with two attached hydrogens (primary N) is 1. The van der Waals surface area contributed by atoms with Gasteiger partial charge >= 0.3 is 0 Å². The summed E-state index contributed by atoms with van der Waals surface area (Å²) in [6.45, 7) is 0.560. The molecule has 6 nitrogen and oxygen atoms in total. The Morgan fingerprint density at radius 3 is 2.30 bits per heavy atom. The predicted octanol–water partition coefficient (Wildman–Crippen LogP) is 4.76. The molecule has 33 heavy (non-hydrogen) atoms. The number of allylic oxidation sites excluding steroid dienone is 4. The van der Waals surface area contributed by atoms with Crippen LogP contribution in [-0.2, 0) is 0 Å². The molecule has 2 aliphatic heterocycles. The van der Waals surface area contributed by atoms with Crippen LogP contribution in [-0.4, -0.2) is 18.7 Å². The molecule has 0 aromatic heterocycles. The molecule has 0 radical (unpaired) electrons. The minimum absolute atomic E-state index is 0.560. The van der Waals surface area contributed by atoms with E-state index in [0.717, 1.165) is 43.7 Å². The van der Waals surface area contributed by atoms with Gasteiger partial charge in [0.2, 0.25) is 5.71 Å². The summed E-state index contributed by atoms with van der Waals surface area (Å²) in [5.41, 5.74) is 10.2. The quantitative estimate of drug-likeness (QED) is 0.394. The lowest BCUT2D eigenvalue weighted by atomic mass is 10.1. The lowest BCUT2D eigenvalue weighted by Crippen LogP contribution is -2.21. The lowest BCUT2D eigenvalue weighted by molar-refractivity contribution is 1.06. The maximum absolute atomic E-state index is 5.36. The van der Waals surface area contributed by atoms with Crippen LogP contribution in [0, 0.1) is 6.42 Å². The molecule has 0 unspecified atom stereocenters. The fraction of sp³-hybridized carbons (Fsp3) is 0.0385. The van der Waals surface area contributed by atoms with Crippen LogP contribution in [0.3, 0.4) is 0 Å². The molecule has 3 N–H and O–H groups in total. The van der Waals surface area contributed by atoms with Gasteiger partial charge in [0.25, 0.3) is 0 Å². The van der Waals surface area contributed by atoms with Gasteiger partial charge in [-0.2, -0.15) is 4.99 Å². The SMILES string of the molecule is BrC1=C[CH+]C2=NC=NC2=C1.Nc1ccccc1.c1ccc(Nc2ccc3c(c2)=NCN=3)cc1. The highest BCUT2D eigenvalue weighted by molar-refractivity contribution is 9.11. The van der Waals surface area contributed by atoms with Gasteiger partial charge in [0.1, 0.15) is 17.5 Å². The van der Waals surface area contributed by atoms with Crippen LogP contribution in [0.25, 0.3) is 0 Å². The number of rotatable bonds is 2. The molecule has 6 rings (SSSR count). The molecule has 0 amide bonds. The van der Waals surface area contributed by atoms with Crippen molar-refractivity contribution >= 4 is 45.0 Å². The summed E-state index contributed by atoms with van der Waals surface area (Å²) >= 11 is 3.35. The Labute approximate surface area is 200 Å². The number of fused-ring (bicyclic) bond motifs is 2. The van der Waals surface area contributed by atoms with Gasteiger partial charge in [0.05, 0.1) is 29.3 Å². The molecular weight excluding hydrogens is 476 g/mol. The van der Waals surface area contributed by atoms with E-state index >= 15 is 0 Å². The number of halogens is 1. The zero-order valence-corrected chi connectivity index (χ0v) is 19.4. The van der Waals surface area contributed by atoms with Crippen molar-refractivity contribution in [1.82, 2.24) is 0 Å². The first-order chi connectivity index (χ1) is 16.2. The second kappa shape index (κ2) is 11.1. The summed E-state index contributed by atoms with van der Waals surface area (Å²) in [4.78, 5) is 16.6. The first-order valence-electron chi connectivity index (χ1n) is 10.3. The van der Waals surface area contributed by atoms with Gasteiger partial charge in [-0.25, -0.2) is 4.99 Å². The summed E-state index contributed by atoms with van der Waals surface area (Å²) in [5, 5.41) is 5.29. The average Bonchev–Trinajstić information content (AvgIpc) is 3.50. The van der Waals surface area contributed by atoms with Crippen molar-refractivity contribution in [3.05, 3.63) is 118 Å². The summed E-state index contributed by atoms with van der Waals surface area (Å²) in [5.74, 6) is 0. The first-order valence-corrected chi connectivity index (χ1v) is 11.1. The maximum atomic E-state index is 5.36. The number of anilines is 3. The van der Waals surface area contributed by atoms with Crippen LogP contribution in [0.2, 0.25) is 0 Å². The Bertz CT molecular complexity index is 1340. The average molecular weight is 498 g/mol. The Hall–Kier alpha value is -3.97. The standard InChI is InChI=1S/C13H11N3.C7H4BrN2.C6H7N/c1-2-4-10(5-3-1)16-11-6-7-12-13(8-11)15-9-14-12;8-5-1-2-6-7(3-5)10-4-9-6;7-6-4-2-1-3-5-6/h1-8,16H,9H2;1-4H;1-5H,7H2/q;+1;. The van der Waals surface area contributed by atoms with Gasteiger partial charge in [-0.1, -0.05) is 36.4 Å². The molecule has 0 bridgehead atoms. The zero-order valence-electron chi connectivity index (χ0n) is 17.8.